The zero-order valence-corrected chi connectivity index (χ0v) is 37.8. The van der Waals surface area contributed by atoms with Crippen LogP contribution in [0.5, 0.6) is 0 Å². The first-order valence-electron chi connectivity index (χ1n) is 24.8. The smallest absolute Gasteiger partial charge is 0.305 e. The van der Waals surface area contributed by atoms with Crippen LogP contribution in [0.4, 0.5) is 0 Å². The second-order valence-electron chi connectivity index (χ2n) is 16.8. The normalized spacial score (nSPS) is 13.0. The number of carbonyl (C=O) groups excluding carboxylic acids is 2. The summed E-state index contributed by atoms with van der Waals surface area (Å²) in [5.41, 5.74) is 0. The third-order valence-corrected chi connectivity index (χ3v) is 11.1. The quantitative estimate of drug-likeness (QED) is 0.0324. The molecule has 1 amide bonds. The lowest BCUT2D eigenvalue weighted by atomic mass is 10.1. The molecule has 0 rings (SSSR count). The lowest BCUT2D eigenvalue weighted by Crippen LogP contribution is -2.45. The molecule has 0 aliphatic heterocycles. The minimum Gasteiger partial charge on any atom is -0.466 e. The van der Waals surface area contributed by atoms with E-state index in [1.165, 1.54) is 167 Å². The largest absolute Gasteiger partial charge is 0.466 e. The molecule has 0 aromatic rings. The predicted octanol–water partition coefficient (Wildman–Crippen LogP) is 14.5. The fourth-order valence-electron chi connectivity index (χ4n) is 7.27. The molecular weight excluding hydrogens is 707 g/mol. The zero-order valence-electron chi connectivity index (χ0n) is 37.8. The number of esters is 1. The van der Waals surface area contributed by atoms with E-state index in [1.807, 2.05) is 6.08 Å². The van der Waals surface area contributed by atoms with E-state index in [1.54, 1.807) is 6.08 Å². The van der Waals surface area contributed by atoms with Crippen molar-refractivity contribution in [2.45, 2.75) is 264 Å². The van der Waals surface area contributed by atoms with E-state index < -0.39 is 12.1 Å². The average Bonchev–Trinajstić information content (AvgIpc) is 3.21. The number of unbranched alkanes of at least 4 members (excludes halogenated alkanes) is 30. The summed E-state index contributed by atoms with van der Waals surface area (Å²) in [6, 6.07) is -0.635. The van der Waals surface area contributed by atoms with Gasteiger partial charge < -0.3 is 20.3 Å². The second-order valence-corrected chi connectivity index (χ2v) is 16.8. The summed E-state index contributed by atoms with van der Waals surface area (Å²) in [4.78, 5) is 24.4. The molecule has 0 aliphatic rings. The van der Waals surface area contributed by atoms with Crippen LogP contribution in [0.25, 0.3) is 0 Å². The highest BCUT2D eigenvalue weighted by atomic mass is 16.5. The molecule has 57 heavy (non-hydrogen) atoms. The van der Waals surface area contributed by atoms with Crippen molar-refractivity contribution in [3.8, 4) is 0 Å². The SMILES string of the molecule is CCCCC/C=C\CCCCCCCC(=O)OCCCCCCCC/C=C\CCCCCCCCCC(=O)NC(CO)C(O)/C=C/CCCCCCCCCCC. The van der Waals surface area contributed by atoms with E-state index in [0.29, 0.717) is 19.4 Å². The van der Waals surface area contributed by atoms with Gasteiger partial charge in [-0.05, 0) is 83.5 Å². The van der Waals surface area contributed by atoms with Crippen molar-refractivity contribution >= 4 is 11.9 Å². The molecule has 0 saturated heterocycles. The molecule has 6 nitrogen and oxygen atoms in total. The molecular formula is C51H95NO5. The Labute approximate surface area is 353 Å². The van der Waals surface area contributed by atoms with E-state index >= 15 is 0 Å². The molecule has 0 saturated carbocycles. The lowest BCUT2D eigenvalue weighted by Gasteiger charge is -2.20. The number of allylic oxidation sites excluding steroid dienone is 5. The van der Waals surface area contributed by atoms with Gasteiger partial charge in [0.1, 0.15) is 0 Å². The van der Waals surface area contributed by atoms with Crippen molar-refractivity contribution in [1.82, 2.24) is 5.32 Å². The average molecular weight is 802 g/mol. The molecule has 0 radical (unpaired) electrons. The number of aliphatic hydroxyl groups is 2. The zero-order chi connectivity index (χ0) is 41.5. The van der Waals surface area contributed by atoms with Crippen LogP contribution in [0, 0.1) is 0 Å². The number of rotatable bonds is 45. The number of carbonyl (C=O) groups is 2. The van der Waals surface area contributed by atoms with Gasteiger partial charge in [-0.3, -0.25) is 9.59 Å². The molecule has 0 bridgehead atoms. The number of hydrogen-bond donors (Lipinski definition) is 3. The van der Waals surface area contributed by atoms with Crippen LogP contribution in [0.2, 0.25) is 0 Å². The summed E-state index contributed by atoms with van der Waals surface area (Å²) in [5.74, 6) is -0.0966. The van der Waals surface area contributed by atoms with Gasteiger partial charge in [-0.1, -0.05) is 192 Å². The third-order valence-electron chi connectivity index (χ3n) is 11.1. The molecule has 0 fully saturated rings. The fraction of sp³-hybridized carbons (Fsp3) is 0.843. The number of ether oxygens (including phenoxy) is 1. The highest BCUT2D eigenvalue weighted by molar-refractivity contribution is 5.76. The number of hydrogen-bond acceptors (Lipinski definition) is 5. The topological polar surface area (TPSA) is 95.9 Å². The first kappa shape index (κ1) is 55.1. The van der Waals surface area contributed by atoms with Crippen molar-refractivity contribution in [2.75, 3.05) is 13.2 Å². The molecule has 334 valence electrons. The highest BCUT2D eigenvalue weighted by Crippen LogP contribution is 2.14. The van der Waals surface area contributed by atoms with Crippen LogP contribution >= 0.6 is 0 Å². The van der Waals surface area contributed by atoms with E-state index in [9.17, 15) is 19.8 Å². The Bertz CT molecular complexity index is 931. The fourth-order valence-corrected chi connectivity index (χ4v) is 7.27. The third kappa shape index (κ3) is 43.5. The van der Waals surface area contributed by atoms with E-state index in [4.69, 9.17) is 4.74 Å². The van der Waals surface area contributed by atoms with Gasteiger partial charge >= 0.3 is 5.97 Å². The van der Waals surface area contributed by atoms with Gasteiger partial charge in [0.15, 0.2) is 0 Å². The summed E-state index contributed by atoms with van der Waals surface area (Å²) in [6.07, 6.45) is 55.7. The molecule has 2 unspecified atom stereocenters. The Morgan fingerprint density at radius 1 is 0.474 bits per heavy atom. The Kier molecular flexibility index (Phi) is 45.2. The van der Waals surface area contributed by atoms with Crippen molar-refractivity contribution in [2.24, 2.45) is 0 Å². The van der Waals surface area contributed by atoms with Crippen molar-refractivity contribution < 1.29 is 24.5 Å². The van der Waals surface area contributed by atoms with E-state index in [0.717, 1.165) is 57.8 Å². The molecule has 0 aliphatic carbocycles. The minimum absolute atomic E-state index is 0.0139. The Balaban J connectivity index is 3.49. The number of nitrogens with one attached hydrogen (secondary N) is 1. The molecule has 0 aromatic carbocycles. The number of amides is 1. The summed E-state index contributed by atoms with van der Waals surface area (Å²) in [5, 5.41) is 22.9. The van der Waals surface area contributed by atoms with Crippen LogP contribution in [0.3, 0.4) is 0 Å². The van der Waals surface area contributed by atoms with Gasteiger partial charge in [0, 0.05) is 12.8 Å². The van der Waals surface area contributed by atoms with Crippen molar-refractivity contribution in [3.63, 3.8) is 0 Å². The monoisotopic (exact) mass is 802 g/mol. The van der Waals surface area contributed by atoms with Crippen LogP contribution < -0.4 is 5.32 Å². The van der Waals surface area contributed by atoms with Gasteiger partial charge in [-0.2, -0.15) is 0 Å². The van der Waals surface area contributed by atoms with Gasteiger partial charge in [-0.25, -0.2) is 0 Å². The Morgan fingerprint density at radius 2 is 0.825 bits per heavy atom. The van der Waals surface area contributed by atoms with Gasteiger partial charge in [0.2, 0.25) is 5.91 Å². The summed E-state index contributed by atoms with van der Waals surface area (Å²) < 4.78 is 5.44. The minimum atomic E-state index is -0.851. The molecule has 6 heteroatoms. The molecule has 0 heterocycles. The van der Waals surface area contributed by atoms with Crippen LogP contribution in [-0.2, 0) is 14.3 Å². The molecule has 3 N–H and O–H groups in total. The lowest BCUT2D eigenvalue weighted by molar-refractivity contribution is -0.143. The van der Waals surface area contributed by atoms with Crippen LogP contribution in [-0.4, -0.2) is 47.4 Å². The van der Waals surface area contributed by atoms with Gasteiger partial charge in [0.05, 0.1) is 25.4 Å². The van der Waals surface area contributed by atoms with Crippen molar-refractivity contribution in [1.29, 1.82) is 0 Å². The second kappa shape index (κ2) is 46.8. The molecule has 2 atom stereocenters. The van der Waals surface area contributed by atoms with E-state index in [-0.39, 0.29) is 18.5 Å². The van der Waals surface area contributed by atoms with Crippen LogP contribution in [0.1, 0.15) is 251 Å². The molecule has 0 spiro atoms. The van der Waals surface area contributed by atoms with Gasteiger partial charge in [-0.15, -0.1) is 0 Å². The maximum absolute atomic E-state index is 12.4. The summed E-state index contributed by atoms with van der Waals surface area (Å²) in [7, 11) is 0. The molecule has 0 aromatic heterocycles. The standard InChI is InChI=1S/C51H95NO5/c1-3-5-7-9-11-13-15-25-29-33-37-41-45-51(56)57-46-42-38-34-30-26-22-20-18-16-17-19-21-24-28-32-36-40-44-50(55)52-48(47-53)49(54)43-39-35-31-27-23-14-12-10-8-6-4-2/h11,13,16,18,39,43,48-49,53-54H,3-10,12,14-15,17,19-38,40-42,44-47H2,1-2H3,(H,52,55)/b13-11-,18-16-,43-39+. The Hall–Kier alpha value is -1.92. The summed E-state index contributed by atoms with van der Waals surface area (Å²) >= 11 is 0. The first-order chi connectivity index (χ1) is 28.0. The summed E-state index contributed by atoms with van der Waals surface area (Å²) in [6.45, 7) is 4.83. The maximum atomic E-state index is 12.4. The maximum Gasteiger partial charge on any atom is 0.305 e. The van der Waals surface area contributed by atoms with Gasteiger partial charge in [0.25, 0.3) is 0 Å². The first-order valence-corrected chi connectivity index (χ1v) is 24.8. The van der Waals surface area contributed by atoms with Crippen molar-refractivity contribution in [3.05, 3.63) is 36.5 Å². The Morgan fingerprint density at radius 3 is 1.28 bits per heavy atom. The highest BCUT2D eigenvalue weighted by Gasteiger charge is 2.18. The number of aliphatic hydroxyl groups excluding tert-OH is 2. The van der Waals surface area contributed by atoms with E-state index in [2.05, 4.69) is 43.5 Å². The predicted molar refractivity (Wildman–Crippen MR) is 246 cm³/mol. The van der Waals surface area contributed by atoms with Crippen LogP contribution in [0.15, 0.2) is 36.5 Å².